The van der Waals surface area contributed by atoms with Gasteiger partial charge in [0.25, 0.3) is 0 Å². The van der Waals surface area contributed by atoms with Gasteiger partial charge < -0.3 is 9.73 Å². The highest BCUT2D eigenvalue weighted by atomic mass is 16.4. The normalized spacial score (nSPS) is 16.1. The van der Waals surface area contributed by atoms with Crippen molar-refractivity contribution in [3.05, 3.63) is 82.7 Å². The lowest BCUT2D eigenvalue weighted by Gasteiger charge is -2.32. The van der Waals surface area contributed by atoms with Gasteiger partial charge in [0.05, 0.1) is 5.69 Å². The summed E-state index contributed by atoms with van der Waals surface area (Å²) >= 11 is 0. The fourth-order valence-electron chi connectivity index (χ4n) is 3.61. The number of fused-ring (bicyclic) bond motifs is 1. The number of rotatable bonds is 5. The molecule has 0 aliphatic carbocycles. The fourth-order valence-corrected chi connectivity index (χ4v) is 3.61. The second-order valence-electron chi connectivity index (χ2n) is 7.01. The zero-order chi connectivity index (χ0) is 18.5. The van der Waals surface area contributed by atoms with Crippen molar-refractivity contribution in [3.8, 4) is 0 Å². The number of benzene rings is 2. The summed E-state index contributed by atoms with van der Waals surface area (Å²) in [7, 11) is 0. The first-order valence-corrected chi connectivity index (χ1v) is 9.51. The zero-order valence-corrected chi connectivity index (χ0v) is 15.3. The minimum Gasteiger partial charge on any atom is -0.423 e. The first kappa shape index (κ1) is 17.6. The van der Waals surface area contributed by atoms with Crippen LogP contribution in [0.4, 0.5) is 5.69 Å². The van der Waals surface area contributed by atoms with Gasteiger partial charge in [-0.05, 0) is 30.5 Å². The van der Waals surface area contributed by atoms with Crippen molar-refractivity contribution in [2.24, 2.45) is 0 Å². The molecule has 0 saturated carbocycles. The number of anilines is 1. The quantitative estimate of drug-likeness (QED) is 0.686. The zero-order valence-electron chi connectivity index (χ0n) is 15.3. The lowest BCUT2D eigenvalue weighted by Crippen LogP contribution is -2.39. The van der Waals surface area contributed by atoms with Crippen LogP contribution in [-0.2, 0) is 0 Å². The first-order valence-electron chi connectivity index (χ1n) is 9.51. The van der Waals surface area contributed by atoms with E-state index in [0.29, 0.717) is 11.6 Å². The Morgan fingerprint density at radius 2 is 1.78 bits per heavy atom. The lowest BCUT2D eigenvalue weighted by molar-refractivity contribution is 0.240. The summed E-state index contributed by atoms with van der Waals surface area (Å²) in [5, 5.41) is 4.53. The molecule has 4 rings (SSSR count). The van der Waals surface area contributed by atoms with Crippen molar-refractivity contribution in [3.63, 3.8) is 0 Å². The van der Waals surface area contributed by atoms with Gasteiger partial charge in [0.2, 0.25) is 0 Å². The largest absolute Gasteiger partial charge is 0.423 e. The Bertz CT molecular complexity index is 970. The molecule has 3 aromatic rings. The minimum absolute atomic E-state index is 0.306. The average molecular weight is 360 g/mol. The molecule has 0 spiro atoms. The summed E-state index contributed by atoms with van der Waals surface area (Å²) in [5.41, 5.74) is 2.45. The molecule has 0 amide bonds. The SMILES string of the molecule is O=c1cc(NC2CCN(C/C=C\c3ccccc3)CC2)c2ccccc2o1. The summed E-state index contributed by atoms with van der Waals surface area (Å²) in [6.45, 7) is 3.08. The van der Waals surface area contributed by atoms with E-state index in [9.17, 15) is 4.79 Å². The van der Waals surface area contributed by atoms with Gasteiger partial charge in [-0.15, -0.1) is 0 Å². The molecule has 1 aromatic heterocycles. The van der Waals surface area contributed by atoms with Crippen molar-refractivity contribution < 1.29 is 4.42 Å². The predicted octanol–water partition coefficient (Wildman–Crippen LogP) is 4.38. The van der Waals surface area contributed by atoms with Gasteiger partial charge >= 0.3 is 5.63 Å². The molecular formula is C23H24N2O2. The molecule has 0 atom stereocenters. The van der Waals surface area contributed by atoms with Gasteiger partial charge in [0, 0.05) is 37.1 Å². The maximum absolute atomic E-state index is 11.8. The summed E-state index contributed by atoms with van der Waals surface area (Å²) in [4.78, 5) is 14.3. The number of likely N-dealkylation sites (tertiary alicyclic amines) is 1. The molecule has 4 heteroatoms. The van der Waals surface area contributed by atoms with Crippen LogP contribution in [0, 0.1) is 0 Å². The molecule has 0 bridgehead atoms. The van der Waals surface area contributed by atoms with Crippen LogP contribution in [0.15, 0.2) is 76.0 Å². The Labute approximate surface area is 159 Å². The van der Waals surface area contributed by atoms with E-state index < -0.39 is 0 Å². The third-order valence-electron chi connectivity index (χ3n) is 5.07. The van der Waals surface area contributed by atoms with Gasteiger partial charge in [-0.25, -0.2) is 4.79 Å². The Kier molecular flexibility index (Phi) is 5.35. The van der Waals surface area contributed by atoms with E-state index in [4.69, 9.17) is 4.42 Å². The third kappa shape index (κ3) is 4.47. The second-order valence-corrected chi connectivity index (χ2v) is 7.01. The number of piperidine rings is 1. The smallest absolute Gasteiger partial charge is 0.338 e. The Morgan fingerprint density at radius 3 is 2.59 bits per heavy atom. The number of hydrogen-bond acceptors (Lipinski definition) is 4. The van der Waals surface area contributed by atoms with Crippen LogP contribution in [0.25, 0.3) is 17.0 Å². The molecule has 2 heterocycles. The van der Waals surface area contributed by atoms with E-state index >= 15 is 0 Å². The van der Waals surface area contributed by atoms with E-state index in [0.717, 1.165) is 43.5 Å². The van der Waals surface area contributed by atoms with Crippen molar-refractivity contribution >= 4 is 22.7 Å². The van der Waals surface area contributed by atoms with Crippen LogP contribution in [0.3, 0.4) is 0 Å². The number of nitrogens with one attached hydrogen (secondary N) is 1. The highest BCUT2D eigenvalue weighted by molar-refractivity contribution is 5.89. The summed E-state index contributed by atoms with van der Waals surface area (Å²) in [6, 6.07) is 20.0. The van der Waals surface area contributed by atoms with E-state index in [2.05, 4.69) is 46.6 Å². The fraction of sp³-hybridized carbons (Fsp3) is 0.261. The maximum atomic E-state index is 11.8. The molecule has 1 aliphatic heterocycles. The molecule has 1 saturated heterocycles. The second kappa shape index (κ2) is 8.23. The van der Waals surface area contributed by atoms with E-state index in [1.807, 2.05) is 30.3 Å². The molecule has 0 unspecified atom stereocenters. The van der Waals surface area contributed by atoms with Crippen LogP contribution in [0.2, 0.25) is 0 Å². The summed E-state index contributed by atoms with van der Waals surface area (Å²) in [5.74, 6) is 0. The molecule has 4 nitrogen and oxygen atoms in total. The Balaban J connectivity index is 1.34. The number of para-hydroxylation sites is 1. The molecule has 2 aromatic carbocycles. The van der Waals surface area contributed by atoms with Gasteiger partial charge in [-0.2, -0.15) is 0 Å². The monoisotopic (exact) mass is 360 g/mol. The maximum Gasteiger partial charge on any atom is 0.338 e. The Morgan fingerprint density at radius 1 is 1.04 bits per heavy atom. The molecule has 27 heavy (non-hydrogen) atoms. The highest BCUT2D eigenvalue weighted by Crippen LogP contribution is 2.24. The van der Waals surface area contributed by atoms with Gasteiger partial charge in [0.1, 0.15) is 5.58 Å². The van der Waals surface area contributed by atoms with Crippen LogP contribution in [0.1, 0.15) is 18.4 Å². The number of nitrogens with zero attached hydrogens (tertiary/aromatic N) is 1. The number of hydrogen-bond donors (Lipinski definition) is 1. The molecular weight excluding hydrogens is 336 g/mol. The van der Waals surface area contributed by atoms with Crippen LogP contribution in [-0.4, -0.2) is 30.6 Å². The molecule has 1 aliphatic rings. The summed E-state index contributed by atoms with van der Waals surface area (Å²) < 4.78 is 5.28. The first-order chi connectivity index (χ1) is 13.3. The predicted molar refractivity (Wildman–Crippen MR) is 111 cm³/mol. The third-order valence-corrected chi connectivity index (χ3v) is 5.07. The van der Waals surface area contributed by atoms with Crippen LogP contribution < -0.4 is 10.9 Å². The van der Waals surface area contributed by atoms with Gasteiger partial charge in [-0.1, -0.05) is 54.6 Å². The molecule has 138 valence electrons. The summed E-state index contributed by atoms with van der Waals surface area (Å²) in [6.07, 6.45) is 6.54. The average Bonchev–Trinajstić information content (AvgIpc) is 2.70. The molecule has 1 fully saturated rings. The minimum atomic E-state index is -0.306. The standard InChI is InChI=1S/C23H24N2O2/c26-23-17-21(20-10-4-5-11-22(20)27-23)24-19-12-15-25(16-13-19)14-6-9-18-7-2-1-3-8-18/h1-11,17,19,24H,12-16H2/b9-6-. The van der Waals surface area contributed by atoms with Crippen molar-refractivity contribution in [2.45, 2.75) is 18.9 Å². The van der Waals surface area contributed by atoms with Gasteiger partial charge in [-0.3, -0.25) is 4.90 Å². The topological polar surface area (TPSA) is 45.5 Å². The van der Waals surface area contributed by atoms with Crippen molar-refractivity contribution in [1.29, 1.82) is 0 Å². The van der Waals surface area contributed by atoms with Crippen LogP contribution >= 0.6 is 0 Å². The highest BCUT2D eigenvalue weighted by Gasteiger charge is 2.19. The Hall–Kier alpha value is -2.85. The van der Waals surface area contributed by atoms with E-state index in [1.54, 1.807) is 6.07 Å². The van der Waals surface area contributed by atoms with Crippen molar-refractivity contribution in [1.82, 2.24) is 4.90 Å². The van der Waals surface area contributed by atoms with Crippen LogP contribution in [0.5, 0.6) is 0 Å². The van der Waals surface area contributed by atoms with Gasteiger partial charge in [0.15, 0.2) is 0 Å². The lowest BCUT2D eigenvalue weighted by atomic mass is 10.0. The van der Waals surface area contributed by atoms with E-state index in [-0.39, 0.29) is 5.63 Å². The van der Waals surface area contributed by atoms with Crippen molar-refractivity contribution in [2.75, 3.05) is 25.0 Å². The molecule has 1 N–H and O–H groups in total. The van der Waals surface area contributed by atoms with E-state index in [1.165, 1.54) is 5.56 Å². The molecule has 0 radical (unpaired) electrons.